The van der Waals surface area contributed by atoms with Gasteiger partial charge in [0.15, 0.2) is 0 Å². The normalized spacial score (nSPS) is 20.0. The molecular formula is C17H19N3O3S. The molecule has 0 aliphatic carbocycles. The van der Waals surface area contributed by atoms with E-state index < -0.39 is 6.10 Å². The van der Waals surface area contributed by atoms with E-state index in [2.05, 4.69) is 14.9 Å². The van der Waals surface area contributed by atoms with Crippen molar-refractivity contribution in [1.29, 1.82) is 0 Å². The van der Waals surface area contributed by atoms with Gasteiger partial charge in [-0.3, -0.25) is 9.69 Å². The number of hydrogen-bond acceptors (Lipinski definition) is 6. The van der Waals surface area contributed by atoms with Crippen LogP contribution >= 0.6 is 11.3 Å². The molecule has 2 N–H and O–H groups in total. The van der Waals surface area contributed by atoms with Gasteiger partial charge in [-0.2, -0.15) is 0 Å². The zero-order chi connectivity index (χ0) is 16.5. The average Bonchev–Trinajstić information content (AvgIpc) is 3.28. The summed E-state index contributed by atoms with van der Waals surface area (Å²) in [6.45, 7) is 1.54. The van der Waals surface area contributed by atoms with Crippen molar-refractivity contribution in [2.75, 3.05) is 6.54 Å². The Morgan fingerprint density at radius 3 is 3.25 bits per heavy atom. The Morgan fingerprint density at radius 2 is 2.42 bits per heavy atom. The first-order chi connectivity index (χ1) is 11.7. The number of aliphatic hydroxyl groups is 1. The van der Waals surface area contributed by atoms with E-state index >= 15 is 0 Å². The number of hydrogen-bond donors (Lipinski definition) is 2. The van der Waals surface area contributed by atoms with Gasteiger partial charge in [-0.1, -0.05) is 0 Å². The van der Waals surface area contributed by atoms with Crippen LogP contribution in [0.1, 0.15) is 37.0 Å². The highest BCUT2D eigenvalue weighted by molar-refractivity contribution is 7.17. The maximum Gasteiger partial charge on any atom is 0.268 e. The van der Waals surface area contributed by atoms with E-state index in [4.69, 9.17) is 4.42 Å². The third-order valence-electron chi connectivity index (χ3n) is 4.58. The lowest BCUT2D eigenvalue weighted by atomic mass is 10.1. The summed E-state index contributed by atoms with van der Waals surface area (Å²) in [6, 6.07) is 5.72. The third-order valence-corrected chi connectivity index (χ3v) is 5.49. The van der Waals surface area contributed by atoms with E-state index in [0.717, 1.165) is 24.9 Å². The van der Waals surface area contributed by atoms with Gasteiger partial charge in [0, 0.05) is 6.04 Å². The molecule has 0 aromatic carbocycles. The van der Waals surface area contributed by atoms with Crippen molar-refractivity contribution in [2.24, 2.45) is 0 Å². The zero-order valence-electron chi connectivity index (χ0n) is 13.1. The summed E-state index contributed by atoms with van der Waals surface area (Å²) in [6.07, 6.45) is 3.72. The molecule has 7 heteroatoms. The Morgan fingerprint density at radius 1 is 1.50 bits per heavy atom. The lowest BCUT2D eigenvalue weighted by Crippen LogP contribution is -2.31. The van der Waals surface area contributed by atoms with Gasteiger partial charge in [-0.25, -0.2) is 4.98 Å². The maximum atomic E-state index is 12.1. The number of aliphatic hydroxyl groups excluding tert-OH is 1. The van der Waals surface area contributed by atoms with Crippen LogP contribution in [0.4, 0.5) is 0 Å². The van der Waals surface area contributed by atoms with Crippen LogP contribution in [0.5, 0.6) is 0 Å². The first-order valence-corrected chi connectivity index (χ1v) is 9.00. The molecule has 3 aromatic heterocycles. The molecule has 1 saturated heterocycles. The van der Waals surface area contributed by atoms with E-state index in [0.29, 0.717) is 29.3 Å². The van der Waals surface area contributed by atoms with Crippen LogP contribution in [-0.2, 0) is 6.54 Å². The molecule has 126 valence electrons. The molecule has 24 heavy (non-hydrogen) atoms. The second-order valence-electron chi connectivity index (χ2n) is 6.18. The zero-order valence-corrected chi connectivity index (χ0v) is 14.0. The first-order valence-electron chi connectivity index (χ1n) is 8.12. The molecule has 1 aliphatic rings. The number of nitrogens with zero attached hydrogens (tertiary/aromatic N) is 2. The molecule has 0 spiro atoms. The summed E-state index contributed by atoms with van der Waals surface area (Å²) in [4.78, 5) is 21.8. The Kier molecular flexibility index (Phi) is 4.22. The number of fused-ring (bicyclic) bond motifs is 1. The number of rotatable bonds is 5. The highest BCUT2D eigenvalue weighted by atomic mass is 32.1. The molecule has 0 saturated carbocycles. The van der Waals surface area contributed by atoms with Crippen molar-refractivity contribution in [1.82, 2.24) is 14.9 Å². The quantitative estimate of drug-likeness (QED) is 0.743. The van der Waals surface area contributed by atoms with Crippen LogP contribution in [-0.4, -0.2) is 32.6 Å². The number of furan rings is 1. The maximum absolute atomic E-state index is 12.1. The Hall–Kier alpha value is -1.96. The van der Waals surface area contributed by atoms with Crippen LogP contribution in [0.25, 0.3) is 10.2 Å². The monoisotopic (exact) mass is 345 g/mol. The van der Waals surface area contributed by atoms with Crippen molar-refractivity contribution in [3.05, 3.63) is 51.8 Å². The van der Waals surface area contributed by atoms with Crippen LogP contribution in [0.15, 0.2) is 39.1 Å². The second-order valence-corrected chi connectivity index (χ2v) is 7.10. The predicted octanol–water partition coefficient (Wildman–Crippen LogP) is 2.67. The molecule has 2 atom stereocenters. The fourth-order valence-corrected chi connectivity index (χ4v) is 4.14. The Balaban J connectivity index is 1.49. The summed E-state index contributed by atoms with van der Waals surface area (Å²) >= 11 is 1.41. The van der Waals surface area contributed by atoms with E-state index in [1.807, 2.05) is 11.4 Å². The predicted molar refractivity (Wildman–Crippen MR) is 92.0 cm³/mol. The van der Waals surface area contributed by atoms with Crippen molar-refractivity contribution in [2.45, 2.75) is 38.0 Å². The molecule has 0 bridgehead atoms. The van der Waals surface area contributed by atoms with Gasteiger partial charge in [0.05, 0.1) is 18.3 Å². The Bertz CT molecular complexity index is 871. The fourth-order valence-electron chi connectivity index (χ4n) is 3.41. The number of H-pyrrole nitrogens is 1. The topological polar surface area (TPSA) is 82.4 Å². The molecule has 0 amide bonds. The minimum Gasteiger partial charge on any atom is -0.467 e. The van der Waals surface area contributed by atoms with E-state index in [-0.39, 0.29) is 11.6 Å². The van der Waals surface area contributed by atoms with Gasteiger partial charge < -0.3 is 14.5 Å². The van der Waals surface area contributed by atoms with Crippen molar-refractivity contribution in [3.63, 3.8) is 0 Å². The van der Waals surface area contributed by atoms with Crippen LogP contribution in [0, 0.1) is 0 Å². The summed E-state index contributed by atoms with van der Waals surface area (Å²) < 4.78 is 5.96. The van der Waals surface area contributed by atoms with Crippen LogP contribution in [0.3, 0.4) is 0 Å². The number of thiophene rings is 1. The highest BCUT2D eigenvalue weighted by Gasteiger charge is 2.28. The summed E-state index contributed by atoms with van der Waals surface area (Å²) in [5.74, 6) is 1.29. The van der Waals surface area contributed by atoms with Gasteiger partial charge in [0.25, 0.3) is 5.56 Å². The van der Waals surface area contributed by atoms with E-state index in [1.54, 1.807) is 18.4 Å². The molecule has 1 aliphatic heterocycles. The summed E-state index contributed by atoms with van der Waals surface area (Å²) in [7, 11) is 0. The van der Waals surface area contributed by atoms with Crippen molar-refractivity contribution >= 4 is 21.6 Å². The van der Waals surface area contributed by atoms with Gasteiger partial charge in [-0.05, 0) is 49.4 Å². The van der Waals surface area contributed by atoms with Gasteiger partial charge >= 0.3 is 0 Å². The Labute approximate surface area is 142 Å². The number of aromatic amines is 1. The third kappa shape index (κ3) is 3.02. The standard InChI is InChI=1S/C17H19N3O3S/c21-13(14-4-2-7-23-14)9-11-3-1-6-20(11)10-15-18-12-5-8-24-16(12)17(22)19-15/h2,4-5,7-8,11,13,21H,1,3,6,9-10H2,(H,18,19,22). The largest absolute Gasteiger partial charge is 0.467 e. The smallest absolute Gasteiger partial charge is 0.268 e. The SMILES string of the molecule is O=c1[nH]c(CN2CCCC2CC(O)c2ccco2)nc2ccsc12. The van der Waals surface area contributed by atoms with Gasteiger partial charge in [-0.15, -0.1) is 11.3 Å². The minimum absolute atomic E-state index is 0.0728. The molecule has 1 fully saturated rings. The molecule has 4 heterocycles. The van der Waals surface area contributed by atoms with Crippen molar-refractivity contribution in [3.8, 4) is 0 Å². The van der Waals surface area contributed by atoms with Crippen molar-refractivity contribution < 1.29 is 9.52 Å². The van der Waals surface area contributed by atoms with Gasteiger partial charge in [0.2, 0.25) is 0 Å². The minimum atomic E-state index is -0.600. The summed E-state index contributed by atoms with van der Waals surface area (Å²) in [5.41, 5.74) is 0.682. The number of nitrogens with one attached hydrogen (secondary N) is 1. The van der Waals surface area contributed by atoms with Gasteiger partial charge in [0.1, 0.15) is 22.4 Å². The number of aromatic nitrogens is 2. The average molecular weight is 345 g/mol. The lowest BCUT2D eigenvalue weighted by molar-refractivity contribution is 0.0986. The lowest BCUT2D eigenvalue weighted by Gasteiger charge is -2.25. The van der Waals surface area contributed by atoms with Crippen LogP contribution in [0.2, 0.25) is 0 Å². The van der Waals surface area contributed by atoms with E-state index in [9.17, 15) is 9.90 Å². The summed E-state index contributed by atoms with van der Waals surface area (Å²) in [5, 5.41) is 12.2. The molecule has 4 rings (SSSR count). The van der Waals surface area contributed by atoms with Crippen LogP contribution < -0.4 is 5.56 Å². The highest BCUT2D eigenvalue weighted by Crippen LogP contribution is 2.28. The molecule has 2 unspecified atom stereocenters. The fraction of sp³-hybridized carbons (Fsp3) is 0.412. The molecule has 0 radical (unpaired) electrons. The first kappa shape index (κ1) is 15.6. The molecule has 3 aromatic rings. The second kappa shape index (κ2) is 6.51. The molecule has 6 nitrogen and oxygen atoms in total. The van der Waals surface area contributed by atoms with E-state index in [1.165, 1.54) is 11.3 Å². The number of likely N-dealkylation sites (tertiary alicyclic amines) is 1. The molecular weight excluding hydrogens is 326 g/mol.